The second-order valence-electron chi connectivity index (χ2n) is 5.66. The molecule has 1 N–H and O–H groups in total. The Hall–Kier alpha value is -2.69. The number of aryl methyl sites for hydroxylation is 2. The molecule has 22 heavy (non-hydrogen) atoms. The Bertz CT molecular complexity index is 868. The number of nitrogens with zero attached hydrogens (tertiary/aromatic N) is 3. The van der Waals surface area contributed by atoms with Crippen LogP contribution < -0.4 is 5.32 Å². The molecule has 1 aromatic carbocycles. The summed E-state index contributed by atoms with van der Waals surface area (Å²) < 4.78 is 1.73. The van der Waals surface area contributed by atoms with Crippen LogP contribution in [0.1, 0.15) is 33.9 Å². The Kier molecular flexibility index (Phi) is 2.92. The van der Waals surface area contributed by atoms with Gasteiger partial charge >= 0.3 is 0 Å². The fourth-order valence-corrected chi connectivity index (χ4v) is 3.10. The molecule has 0 saturated carbocycles. The highest BCUT2D eigenvalue weighted by atomic mass is 16.1. The van der Waals surface area contributed by atoms with E-state index < -0.39 is 0 Å². The van der Waals surface area contributed by atoms with Crippen molar-refractivity contribution in [2.45, 2.75) is 18.9 Å². The van der Waals surface area contributed by atoms with Gasteiger partial charge in [-0.15, -0.1) is 0 Å². The summed E-state index contributed by atoms with van der Waals surface area (Å²) in [5.41, 5.74) is 4.78. The zero-order chi connectivity index (χ0) is 15.1. The summed E-state index contributed by atoms with van der Waals surface area (Å²) in [6.07, 6.45) is 5.27. The first kappa shape index (κ1) is 13.0. The molecule has 1 amide bonds. The summed E-state index contributed by atoms with van der Waals surface area (Å²) in [6.45, 7) is 0. The number of pyridine rings is 1. The van der Waals surface area contributed by atoms with Crippen molar-refractivity contribution in [3.63, 3.8) is 0 Å². The van der Waals surface area contributed by atoms with Crippen molar-refractivity contribution in [3.8, 4) is 0 Å². The third-order valence-electron chi connectivity index (χ3n) is 4.30. The fraction of sp³-hybridized carbons (Fsp3) is 0.235. The lowest BCUT2D eigenvalue weighted by Crippen LogP contribution is -2.27. The standard InChI is InChI=1S/C17H16N4O/c1-21-16-8-12(9-18-15(16)10-19-21)17(22)20-14-7-6-11-4-2-3-5-13(11)14/h2-5,8-10,14H,6-7H2,1H3,(H,20,22). The monoisotopic (exact) mass is 292 g/mol. The Morgan fingerprint density at radius 3 is 3.09 bits per heavy atom. The summed E-state index contributed by atoms with van der Waals surface area (Å²) in [7, 11) is 1.85. The second-order valence-corrected chi connectivity index (χ2v) is 5.66. The first-order chi connectivity index (χ1) is 10.7. The lowest BCUT2D eigenvalue weighted by atomic mass is 10.1. The molecule has 0 saturated heterocycles. The van der Waals surface area contributed by atoms with Gasteiger partial charge in [-0.2, -0.15) is 5.10 Å². The van der Waals surface area contributed by atoms with Gasteiger partial charge in [-0.1, -0.05) is 24.3 Å². The molecule has 0 aliphatic heterocycles. The maximum absolute atomic E-state index is 12.5. The normalized spacial score (nSPS) is 16.7. The number of carbonyl (C=O) groups is 1. The highest BCUT2D eigenvalue weighted by Crippen LogP contribution is 2.30. The van der Waals surface area contributed by atoms with Crippen LogP contribution >= 0.6 is 0 Å². The average Bonchev–Trinajstić information content (AvgIpc) is 3.12. The van der Waals surface area contributed by atoms with Crippen molar-refractivity contribution in [2.75, 3.05) is 0 Å². The topological polar surface area (TPSA) is 59.8 Å². The van der Waals surface area contributed by atoms with Gasteiger partial charge < -0.3 is 5.32 Å². The molecule has 0 bridgehead atoms. The quantitative estimate of drug-likeness (QED) is 0.789. The Labute approximate surface area is 128 Å². The summed E-state index contributed by atoms with van der Waals surface area (Å²) in [4.78, 5) is 16.8. The molecule has 110 valence electrons. The van der Waals surface area contributed by atoms with Crippen LogP contribution in [-0.2, 0) is 13.5 Å². The highest BCUT2D eigenvalue weighted by Gasteiger charge is 2.24. The Morgan fingerprint density at radius 2 is 2.18 bits per heavy atom. The molecule has 4 rings (SSSR count). The summed E-state index contributed by atoms with van der Waals surface area (Å²) in [5.74, 6) is -0.0858. The third kappa shape index (κ3) is 2.06. The molecule has 1 atom stereocenters. The van der Waals surface area contributed by atoms with Gasteiger partial charge in [0.15, 0.2) is 0 Å². The lowest BCUT2D eigenvalue weighted by molar-refractivity contribution is 0.0936. The first-order valence-electron chi connectivity index (χ1n) is 7.39. The average molecular weight is 292 g/mol. The number of hydrogen-bond acceptors (Lipinski definition) is 3. The van der Waals surface area contributed by atoms with E-state index in [0.717, 1.165) is 23.9 Å². The minimum atomic E-state index is -0.0858. The molecule has 0 radical (unpaired) electrons. The molecule has 0 fully saturated rings. The van der Waals surface area contributed by atoms with E-state index >= 15 is 0 Å². The van der Waals surface area contributed by atoms with E-state index in [4.69, 9.17) is 0 Å². The van der Waals surface area contributed by atoms with Gasteiger partial charge in [-0.3, -0.25) is 14.5 Å². The molecule has 0 spiro atoms. The number of fused-ring (bicyclic) bond motifs is 2. The van der Waals surface area contributed by atoms with Gasteiger partial charge in [-0.05, 0) is 30.0 Å². The molecule has 1 unspecified atom stereocenters. The zero-order valence-corrected chi connectivity index (χ0v) is 12.3. The number of benzene rings is 1. The zero-order valence-electron chi connectivity index (χ0n) is 12.3. The maximum Gasteiger partial charge on any atom is 0.253 e. The Balaban J connectivity index is 1.60. The SMILES string of the molecule is Cn1ncc2ncc(C(=O)NC3CCc4ccccc43)cc21. The van der Waals surface area contributed by atoms with E-state index in [9.17, 15) is 4.79 Å². The maximum atomic E-state index is 12.5. The summed E-state index contributed by atoms with van der Waals surface area (Å²) in [5, 5.41) is 7.27. The number of hydrogen-bond donors (Lipinski definition) is 1. The van der Waals surface area contributed by atoms with Crippen molar-refractivity contribution in [1.29, 1.82) is 0 Å². The van der Waals surface area contributed by atoms with Crippen molar-refractivity contribution in [2.24, 2.45) is 7.05 Å². The summed E-state index contributed by atoms with van der Waals surface area (Å²) in [6, 6.07) is 10.2. The molecule has 2 heterocycles. The molecular weight excluding hydrogens is 276 g/mol. The van der Waals surface area contributed by atoms with Crippen LogP contribution in [0.2, 0.25) is 0 Å². The number of rotatable bonds is 2. The van der Waals surface area contributed by atoms with Crippen LogP contribution in [0.15, 0.2) is 42.7 Å². The van der Waals surface area contributed by atoms with Crippen LogP contribution in [0.5, 0.6) is 0 Å². The van der Waals surface area contributed by atoms with Crippen molar-refractivity contribution >= 4 is 16.9 Å². The number of nitrogens with one attached hydrogen (secondary N) is 1. The molecule has 3 aromatic rings. The lowest BCUT2D eigenvalue weighted by Gasteiger charge is -2.14. The molecule has 2 aromatic heterocycles. The summed E-state index contributed by atoms with van der Waals surface area (Å²) >= 11 is 0. The van der Waals surface area contributed by atoms with Crippen LogP contribution in [0.4, 0.5) is 0 Å². The van der Waals surface area contributed by atoms with Crippen molar-refractivity contribution < 1.29 is 4.79 Å². The minimum Gasteiger partial charge on any atom is -0.345 e. The molecular formula is C17H16N4O. The van der Waals surface area contributed by atoms with Gasteiger partial charge in [0, 0.05) is 13.2 Å². The Morgan fingerprint density at radius 1 is 1.32 bits per heavy atom. The van der Waals surface area contributed by atoms with Crippen molar-refractivity contribution in [1.82, 2.24) is 20.1 Å². The molecule has 5 nitrogen and oxygen atoms in total. The van der Waals surface area contributed by atoms with E-state index in [1.165, 1.54) is 11.1 Å². The number of aromatic nitrogens is 3. The van der Waals surface area contributed by atoms with Gasteiger partial charge in [0.2, 0.25) is 0 Å². The second kappa shape index (κ2) is 4.94. The number of carbonyl (C=O) groups excluding carboxylic acids is 1. The fourth-order valence-electron chi connectivity index (χ4n) is 3.10. The van der Waals surface area contributed by atoms with Gasteiger partial charge in [0.25, 0.3) is 5.91 Å². The largest absolute Gasteiger partial charge is 0.345 e. The van der Waals surface area contributed by atoms with Gasteiger partial charge in [-0.25, -0.2) is 0 Å². The first-order valence-corrected chi connectivity index (χ1v) is 7.39. The van der Waals surface area contributed by atoms with E-state index in [2.05, 4.69) is 27.5 Å². The van der Waals surface area contributed by atoms with E-state index in [-0.39, 0.29) is 11.9 Å². The number of amides is 1. The molecule has 5 heteroatoms. The van der Waals surface area contributed by atoms with Crippen LogP contribution in [0, 0.1) is 0 Å². The minimum absolute atomic E-state index is 0.0858. The predicted octanol–water partition coefficient (Wildman–Crippen LogP) is 2.39. The molecule has 1 aliphatic carbocycles. The highest BCUT2D eigenvalue weighted by molar-refractivity contribution is 5.96. The molecule has 1 aliphatic rings. The van der Waals surface area contributed by atoms with Gasteiger partial charge in [0.1, 0.15) is 5.52 Å². The van der Waals surface area contributed by atoms with Gasteiger partial charge in [0.05, 0.1) is 23.3 Å². The van der Waals surface area contributed by atoms with Crippen LogP contribution in [0.3, 0.4) is 0 Å². The van der Waals surface area contributed by atoms with E-state index in [1.54, 1.807) is 17.1 Å². The van der Waals surface area contributed by atoms with E-state index in [0.29, 0.717) is 5.56 Å². The van der Waals surface area contributed by atoms with Crippen LogP contribution in [-0.4, -0.2) is 20.7 Å². The van der Waals surface area contributed by atoms with Crippen LogP contribution in [0.25, 0.3) is 11.0 Å². The van der Waals surface area contributed by atoms with E-state index in [1.807, 2.05) is 25.2 Å². The smallest absolute Gasteiger partial charge is 0.253 e. The predicted molar refractivity (Wildman–Crippen MR) is 83.5 cm³/mol. The third-order valence-corrected chi connectivity index (χ3v) is 4.30. The van der Waals surface area contributed by atoms with Crippen molar-refractivity contribution in [3.05, 3.63) is 59.4 Å².